The molecule has 0 radical (unpaired) electrons. The number of fused-ring (bicyclic) bond motifs is 1. The first-order valence-electron chi connectivity index (χ1n) is 21.6. The second-order valence-electron chi connectivity index (χ2n) is 15.7. The fraction of sp³-hybridized carbons (Fsp3) is 0.488. The van der Waals surface area contributed by atoms with Crippen LogP contribution in [-0.2, 0) is 44.9 Å². The standard InChI is InChI=1S/C41H56N12O18/c1-43-36(66)21(8-12-29(59)60)49-38(68)23(6-10-27(57)45-16-25(55)32(63)33(64)26(56)17-54)50-37(67)22(9-13-30(61)62)48-28(58)11-7-24(40(70)71)51-35(65)18-2-4-19(5-3-18)44-14-20-15-46-34-31(47-20)39(69)53-41(42)52-34/h2-5,15,21-26,32-33,44,54-56,63-64H,6-14,16-17H2,1H3,(H,43,66)(H,45,57)(H,48,58)(H,49,68)(H,50,67)(H,51,65)(H,59,60)(H,61,62)(H,70,71)(H3,42,46,52,53,69)/t21-,22-,23-,24-,25-,26+,32+,33+/m0/s1. The lowest BCUT2D eigenvalue weighted by molar-refractivity contribution is -0.140. The summed E-state index contributed by atoms with van der Waals surface area (Å²) in [7, 11) is 1.19. The molecular formula is C41H56N12O18. The van der Waals surface area contributed by atoms with Crippen molar-refractivity contribution in [3.63, 3.8) is 0 Å². The third kappa shape index (κ3) is 18.8. The van der Waals surface area contributed by atoms with Gasteiger partial charge in [-0.3, -0.25) is 48.1 Å². The number of carbonyl (C=O) groups excluding carboxylic acids is 6. The molecule has 0 spiro atoms. The van der Waals surface area contributed by atoms with E-state index in [0.29, 0.717) is 11.4 Å². The maximum absolute atomic E-state index is 13.7. The Bertz CT molecular complexity index is 2440. The summed E-state index contributed by atoms with van der Waals surface area (Å²) in [4.78, 5) is 140. The Labute approximate surface area is 401 Å². The average Bonchev–Trinajstić information content (AvgIpc) is 3.33. The fourth-order valence-electron chi connectivity index (χ4n) is 6.36. The number of likely N-dealkylation sites (N-methyl/N-ethyl adjacent to an activating group) is 1. The summed E-state index contributed by atoms with van der Waals surface area (Å²) >= 11 is 0. The smallest absolute Gasteiger partial charge is 0.326 e. The molecule has 0 aliphatic rings. The number of hydrogen-bond donors (Lipinski definition) is 17. The van der Waals surface area contributed by atoms with Crippen LogP contribution in [0.3, 0.4) is 0 Å². The van der Waals surface area contributed by atoms with Gasteiger partial charge in [0.25, 0.3) is 11.5 Å². The molecule has 388 valence electrons. The van der Waals surface area contributed by atoms with E-state index in [1.807, 2.05) is 0 Å². The highest BCUT2D eigenvalue weighted by molar-refractivity contribution is 5.97. The van der Waals surface area contributed by atoms with E-state index in [9.17, 15) is 78.6 Å². The first-order chi connectivity index (χ1) is 33.5. The topological polar surface area (TPSA) is 497 Å². The van der Waals surface area contributed by atoms with E-state index in [-0.39, 0.29) is 29.2 Å². The normalized spacial score (nSPS) is 14.5. The lowest BCUT2D eigenvalue weighted by atomic mass is 10.0. The maximum atomic E-state index is 13.7. The highest BCUT2D eigenvalue weighted by Crippen LogP contribution is 2.14. The Kier molecular flexibility index (Phi) is 22.6. The monoisotopic (exact) mass is 1000 g/mol. The minimum absolute atomic E-state index is 0.0168. The van der Waals surface area contributed by atoms with Crippen LogP contribution in [0.2, 0.25) is 0 Å². The number of nitrogen functional groups attached to an aromatic ring is 1. The highest BCUT2D eigenvalue weighted by atomic mass is 16.4. The van der Waals surface area contributed by atoms with Gasteiger partial charge in [0.05, 0.1) is 31.1 Å². The third-order valence-corrected chi connectivity index (χ3v) is 10.3. The first-order valence-corrected chi connectivity index (χ1v) is 21.6. The number of nitrogens with zero attached hydrogens (tertiary/aromatic N) is 3. The molecule has 0 fully saturated rings. The fourth-order valence-corrected chi connectivity index (χ4v) is 6.36. The van der Waals surface area contributed by atoms with Crippen LogP contribution in [0.15, 0.2) is 35.3 Å². The van der Waals surface area contributed by atoms with Gasteiger partial charge in [-0.05, 0) is 49.9 Å². The summed E-state index contributed by atoms with van der Waals surface area (Å²) < 4.78 is 0. The molecule has 30 nitrogen and oxygen atoms in total. The van der Waals surface area contributed by atoms with Crippen molar-refractivity contribution in [1.29, 1.82) is 0 Å². The Morgan fingerprint density at radius 2 is 1.21 bits per heavy atom. The van der Waals surface area contributed by atoms with Crippen LogP contribution in [0.5, 0.6) is 0 Å². The van der Waals surface area contributed by atoms with Crippen LogP contribution in [0.1, 0.15) is 67.4 Å². The summed E-state index contributed by atoms with van der Waals surface area (Å²) in [5.41, 5.74) is 5.83. The highest BCUT2D eigenvalue weighted by Gasteiger charge is 2.33. The second-order valence-corrected chi connectivity index (χ2v) is 15.7. The molecule has 2 heterocycles. The van der Waals surface area contributed by atoms with Crippen LogP contribution in [0, 0.1) is 0 Å². The largest absolute Gasteiger partial charge is 0.481 e. The van der Waals surface area contributed by atoms with E-state index in [0.717, 1.165) is 0 Å². The summed E-state index contributed by atoms with van der Waals surface area (Å²) in [5.74, 6) is -10.4. The van der Waals surface area contributed by atoms with E-state index < -0.39 is 172 Å². The number of aromatic nitrogens is 4. The molecule has 71 heavy (non-hydrogen) atoms. The number of carboxylic acid groups (broad SMARTS) is 3. The van der Waals surface area contributed by atoms with Gasteiger partial charge in [-0.25, -0.2) is 14.8 Å². The predicted octanol–water partition coefficient (Wildman–Crippen LogP) is -5.87. The van der Waals surface area contributed by atoms with E-state index >= 15 is 0 Å². The van der Waals surface area contributed by atoms with Gasteiger partial charge in [0.1, 0.15) is 42.5 Å². The minimum Gasteiger partial charge on any atom is -0.481 e. The van der Waals surface area contributed by atoms with E-state index in [4.69, 9.17) is 15.9 Å². The minimum atomic E-state index is -2.04. The molecule has 0 unspecified atom stereocenters. The Hall–Kier alpha value is -7.93. The van der Waals surface area contributed by atoms with Gasteiger partial charge < -0.3 is 83.8 Å². The van der Waals surface area contributed by atoms with Crippen molar-refractivity contribution in [3.05, 3.63) is 52.1 Å². The van der Waals surface area contributed by atoms with Gasteiger partial charge in [0, 0.05) is 50.5 Å². The van der Waals surface area contributed by atoms with Crippen LogP contribution in [0.4, 0.5) is 11.6 Å². The first kappa shape index (κ1) is 57.4. The van der Waals surface area contributed by atoms with E-state index in [1.54, 1.807) is 0 Å². The van der Waals surface area contributed by atoms with Crippen molar-refractivity contribution in [2.24, 2.45) is 0 Å². The molecule has 6 amide bonds. The zero-order valence-corrected chi connectivity index (χ0v) is 37.9. The number of benzene rings is 1. The molecule has 0 saturated carbocycles. The van der Waals surface area contributed by atoms with Crippen LogP contribution < -0.4 is 48.5 Å². The number of nitrogens with two attached hydrogens (primary N) is 1. The molecule has 2 aromatic heterocycles. The average molecular weight is 1000 g/mol. The Morgan fingerprint density at radius 1 is 0.676 bits per heavy atom. The molecule has 8 atom stereocenters. The predicted molar refractivity (Wildman–Crippen MR) is 241 cm³/mol. The molecule has 30 heteroatoms. The summed E-state index contributed by atoms with van der Waals surface area (Å²) in [6, 6.07) is -0.900. The zero-order chi connectivity index (χ0) is 52.9. The lowest BCUT2D eigenvalue weighted by Crippen LogP contribution is -2.57. The van der Waals surface area contributed by atoms with E-state index in [1.165, 1.54) is 37.5 Å². The summed E-state index contributed by atoms with van der Waals surface area (Å²) in [5, 5.41) is 93.5. The van der Waals surface area contributed by atoms with Crippen LogP contribution in [0.25, 0.3) is 11.2 Å². The number of H-pyrrole nitrogens is 1. The lowest BCUT2D eigenvalue weighted by Gasteiger charge is -2.26. The number of aliphatic hydroxyl groups is 5. The number of nitrogens with one attached hydrogen (secondary N) is 8. The van der Waals surface area contributed by atoms with Gasteiger partial charge in [0.15, 0.2) is 11.2 Å². The quantitative estimate of drug-likeness (QED) is 0.0296. The number of carboxylic acids is 3. The number of rotatable bonds is 30. The van der Waals surface area contributed by atoms with Crippen molar-refractivity contribution < 1.29 is 84.0 Å². The molecular weight excluding hydrogens is 949 g/mol. The van der Waals surface area contributed by atoms with Gasteiger partial charge >= 0.3 is 17.9 Å². The van der Waals surface area contributed by atoms with Crippen molar-refractivity contribution in [1.82, 2.24) is 51.8 Å². The number of aliphatic hydroxyl groups excluding tert-OH is 5. The van der Waals surface area contributed by atoms with Gasteiger partial charge in [-0.15, -0.1) is 0 Å². The SMILES string of the molecule is CNC(=O)[C@H](CCC(=O)O)NC(=O)[C@H](CCC(=O)NC[C@H](O)[C@@H](O)[C@H](O)[C@H](O)CO)NC(=O)[C@H](CCC(=O)O)NC(=O)CC[C@H](NC(=O)c1ccc(NCc2cnc3nc(N)[nH]c(=O)c3n2)cc1)C(=O)O. The maximum Gasteiger partial charge on any atom is 0.326 e. The van der Waals surface area contributed by atoms with E-state index in [2.05, 4.69) is 57.2 Å². The van der Waals surface area contributed by atoms with Gasteiger partial charge in [0.2, 0.25) is 35.5 Å². The number of hydrogen-bond acceptors (Lipinski definition) is 20. The van der Waals surface area contributed by atoms with Crippen molar-refractivity contribution in [2.75, 3.05) is 31.2 Å². The summed E-state index contributed by atoms with van der Waals surface area (Å²) in [6.45, 7) is -1.60. The van der Waals surface area contributed by atoms with Gasteiger partial charge in [-0.1, -0.05) is 0 Å². The number of aromatic amines is 1. The summed E-state index contributed by atoms with van der Waals surface area (Å²) in [6.07, 6.45) is -11.1. The molecule has 3 aromatic rings. The molecule has 0 aliphatic heterocycles. The molecule has 18 N–H and O–H groups in total. The van der Waals surface area contributed by atoms with Crippen molar-refractivity contribution >= 4 is 76.2 Å². The van der Waals surface area contributed by atoms with Crippen molar-refractivity contribution in [3.8, 4) is 0 Å². The third-order valence-electron chi connectivity index (χ3n) is 10.3. The number of anilines is 2. The number of carbonyl (C=O) groups is 9. The number of aliphatic carboxylic acids is 3. The molecule has 1 aromatic carbocycles. The Balaban J connectivity index is 1.69. The van der Waals surface area contributed by atoms with Crippen LogP contribution in [-0.4, -0.2) is 183 Å². The zero-order valence-electron chi connectivity index (χ0n) is 37.9. The number of amides is 6. The molecule has 3 rings (SSSR count). The molecule has 0 bridgehead atoms. The van der Waals surface area contributed by atoms with Gasteiger partial charge in [-0.2, -0.15) is 4.98 Å². The van der Waals surface area contributed by atoms with Crippen LogP contribution >= 0.6 is 0 Å². The Morgan fingerprint density at radius 3 is 1.77 bits per heavy atom. The second kappa shape index (κ2) is 27.9. The molecule has 0 aliphatic carbocycles. The molecule has 0 saturated heterocycles. The van der Waals surface area contributed by atoms with Crippen molar-refractivity contribution in [2.45, 2.75) is 106 Å².